The highest BCUT2D eigenvalue weighted by molar-refractivity contribution is 5.94. The number of halogens is 1. The van der Waals surface area contributed by atoms with Crippen molar-refractivity contribution < 1.29 is 14.3 Å². The lowest BCUT2D eigenvalue weighted by molar-refractivity contribution is 0.0953. The van der Waals surface area contributed by atoms with Crippen molar-refractivity contribution in [2.24, 2.45) is 0 Å². The molecule has 1 aromatic carbocycles. The van der Waals surface area contributed by atoms with Gasteiger partial charge in [-0.25, -0.2) is 4.39 Å². The third kappa shape index (κ3) is 3.89. The fourth-order valence-corrected chi connectivity index (χ4v) is 1.23. The SMILES string of the molecule is CCCNC(=O)c1ccc(C#CCO)c(F)c1. The molecule has 4 heteroatoms. The van der Waals surface area contributed by atoms with E-state index in [-0.39, 0.29) is 23.6 Å². The van der Waals surface area contributed by atoms with Crippen LogP contribution in [0, 0.1) is 17.7 Å². The topological polar surface area (TPSA) is 49.3 Å². The third-order valence-electron chi connectivity index (χ3n) is 2.07. The van der Waals surface area contributed by atoms with Crippen LogP contribution in [-0.2, 0) is 0 Å². The number of carbonyl (C=O) groups is 1. The van der Waals surface area contributed by atoms with Crippen LogP contribution in [0.4, 0.5) is 4.39 Å². The van der Waals surface area contributed by atoms with Gasteiger partial charge in [0.1, 0.15) is 12.4 Å². The van der Waals surface area contributed by atoms with Gasteiger partial charge in [0, 0.05) is 12.1 Å². The van der Waals surface area contributed by atoms with E-state index in [1.807, 2.05) is 6.92 Å². The normalized spacial score (nSPS) is 9.35. The minimum absolute atomic E-state index is 0.172. The van der Waals surface area contributed by atoms with Crippen molar-refractivity contribution in [3.8, 4) is 11.8 Å². The summed E-state index contributed by atoms with van der Waals surface area (Å²) in [6, 6.07) is 4.08. The van der Waals surface area contributed by atoms with E-state index in [1.54, 1.807) is 0 Å². The van der Waals surface area contributed by atoms with Gasteiger partial charge in [-0.1, -0.05) is 18.8 Å². The second-order valence-corrected chi connectivity index (χ2v) is 3.41. The summed E-state index contributed by atoms with van der Waals surface area (Å²) in [5.74, 6) is 3.96. The van der Waals surface area contributed by atoms with Crippen molar-refractivity contribution in [2.45, 2.75) is 13.3 Å². The lowest BCUT2D eigenvalue weighted by Crippen LogP contribution is -2.24. The maximum Gasteiger partial charge on any atom is 0.251 e. The minimum Gasteiger partial charge on any atom is -0.384 e. The van der Waals surface area contributed by atoms with Crippen molar-refractivity contribution in [3.63, 3.8) is 0 Å². The number of rotatable bonds is 3. The Kier molecular flexibility index (Phi) is 5.18. The highest BCUT2D eigenvalue weighted by Crippen LogP contribution is 2.09. The van der Waals surface area contributed by atoms with Crippen molar-refractivity contribution in [1.82, 2.24) is 5.32 Å². The number of amides is 1. The molecular formula is C13H14FNO2. The molecule has 2 N–H and O–H groups in total. The van der Waals surface area contributed by atoms with Crippen molar-refractivity contribution >= 4 is 5.91 Å². The molecule has 0 aliphatic rings. The van der Waals surface area contributed by atoms with Gasteiger partial charge in [0.05, 0.1) is 5.56 Å². The number of benzene rings is 1. The number of nitrogens with one attached hydrogen (secondary N) is 1. The Hall–Kier alpha value is -1.86. The first-order valence-electron chi connectivity index (χ1n) is 5.36. The van der Waals surface area contributed by atoms with Crippen LogP contribution < -0.4 is 5.32 Å². The Bertz CT molecular complexity index is 460. The molecular weight excluding hydrogens is 221 g/mol. The maximum absolute atomic E-state index is 13.5. The fourth-order valence-electron chi connectivity index (χ4n) is 1.23. The van der Waals surface area contributed by atoms with E-state index in [4.69, 9.17) is 5.11 Å². The molecule has 1 rings (SSSR count). The summed E-state index contributed by atoms with van der Waals surface area (Å²) in [6.07, 6.45) is 0.828. The summed E-state index contributed by atoms with van der Waals surface area (Å²) in [4.78, 5) is 11.5. The van der Waals surface area contributed by atoms with Gasteiger partial charge in [0.15, 0.2) is 0 Å². The predicted molar refractivity (Wildman–Crippen MR) is 63.0 cm³/mol. The molecule has 3 nitrogen and oxygen atoms in total. The molecule has 0 spiro atoms. The van der Waals surface area contributed by atoms with Gasteiger partial charge in [0.2, 0.25) is 0 Å². The number of hydrogen-bond acceptors (Lipinski definition) is 2. The second kappa shape index (κ2) is 6.66. The molecule has 0 aromatic heterocycles. The first kappa shape index (κ1) is 13.2. The van der Waals surface area contributed by atoms with E-state index in [2.05, 4.69) is 17.2 Å². The molecule has 0 aliphatic heterocycles. The van der Waals surface area contributed by atoms with Crippen LogP contribution in [0.15, 0.2) is 18.2 Å². The molecule has 0 aliphatic carbocycles. The van der Waals surface area contributed by atoms with E-state index < -0.39 is 5.82 Å². The molecule has 0 bridgehead atoms. The summed E-state index contributed by atoms with van der Waals surface area (Å²) in [7, 11) is 0. The maximum atomic E-state index is 13.5. The van der Waals surface area contributed by atoms with Crippen LogP contribution in [0.2, 0.25) is 0 Å². The Morgan fingerprint density at radius 3 is 2.88 bits per heavy atom. The fraction of sp³-hybridized carbons (Fsp3) is 0.308. The molecule has 0 heterocycles. The molecule has 0 atom stereocenters. The number of hydrogen-bond donors (Lipinski definition) is 2. The summed E-state index contributed by atoms with van der Waals surface area (Å²) >= 11 is 0. The van der Waals surface area contributed by atoms with Crippen molar-refractivity contribution in [3.05, 3.63) is 35.1 Å². The lowest BCUT2D eigenvalue weighted by atomic mass is 10.1. The molecule has 0 unspecified atom stereocenters. The zero-order chi connectivity index (χ0) is 12.7. The number of aliphatic hydroxyl groups excluding tert-OH is 1. The zero-order valence-electron chi connectivity index (χ0n) is 9.59. The summed E-state index contributed by atoms with van der Waals surface area (Å²) < 4.78 is 13.5. The average molecular weight is 235 g/mol. The average Bonchev–Trinajstić information content (AvgIpc) is 2.34. The highest BCUT2D eigenvalue weighted by atomic mass is 19.1. The van der Waals surface area contributed by atoms with Crippen molar-refractivity contribution in [2.75, 3.05) is 13.2 Å². The van der Waals surface area contributed by atoms with Crippen LogP contribution in [-0.4, -0.2) is 24.2 Å². The van der Waals surface area contributed by atoms with Crippen LogP contribution in [0.5, 0.6) is 0 Å². The number of carbonyl (C=O) groups excluding carboxylic acids is 1. The molecule has 0 saturated heterocycles. The van der Waals surface area contributed by atoms with Gasteiger partial charge in [-0.05, 0) is 24.6 Å². The molecule has 0 saturated carbocycles. The molecule has 0 radical (unpaired) electrons. The molecule has 0 fully saturated rings. The lowest BCUT2D eigenvalue weighted by Gasteiger charge is -2.04. The highest BCUT2D eigenvalue weighted by Gasteiger charge is 2.07. The van der Waals surface area contributed by atoms with Crippen LogP contribution in [0.25, 0.3) is 0 Å². The van der Waals surface area contributed by atoms with E-state index in [0.29, 0.717) is 6.54 Å². The van der Waals surface area contributed by atoms with Gasteiger partial charge < -0.3 is 10.4 Å². The van der Waals surface area contributed by atoms with E-state index in [1.165, 1.54) is 12.1 Å². The van der Waals surface area contributed by atoms with Gasteiger partial charge in [-0.3, -0.25) is 4.79 Å². The first-order valence-corrected chi connectivity index (χ1v) is 5.36. The predicted octanol–water partition coefficient (Wildman–Crippen LogP) is 1.31. The Balaban J connectivity index is 2.85. The Labute approximate surface area is 99.7 Å². The van der Waals surface area contributed by atoms with Gasteiger partial charge in [-0.2, -0.15) is 0 Å². The first-order chi connectivity index (χ1) is 8.19. The molecule has 17 heavy (non-hydrogen) atoms. The zero-order valence-corrected chi connectivity index (χ0v) is 9.59. The van der Waals surface area contributed by atoms with Crippen LogP contribution in [0.3, 0.4) is 0 Å². The summed E-state index contributed by atoms with van der Waals surface area (Å²) in [6.45, 7) is 2.18. The van der Waals surface area contributed by atoms with E-state index in [9.17, 15) is 9.18 Å². The van der Waals surface area contributed by atoms with E-state index in [0.717, 1.165) is 12.5 Å². The van der Waals surface area contributed by atoms with Crippen molar-refractivity contribution in [1.29, 1.82) is 0 Å². The minimum atomic E-state index is -0.560. The molecule has 1 aromatic rings. The van der Waals surface area contributed by atoms with Crippen LogP contribution in [0.1, 0.15) is 29.3 Å². The third-order valence-corrected chi connectivity index (χ3v) is 2.07. The van der Waals surface area contributed by atoms with Gasteiger partial charge >= 0.3 is 0 Å². The standard InChI is InChI=1S/C13H14FNO2/c1-2-7-15-13(17)11-6-5-10(4-3-8-16)12(14)9-11/h5-6,9,16H,2,7-8H2,1H3,(H,15,17). The van der Waals surface area contributed by atoms with Gasteiger partial charge in [0.25, 0.3) is 5.91 Å². The quantitative estimate of drug-likeness (QED) is 0.776. The molecule has 90 valence electrons. The summed E-state index contributed by atoms with van der Waals surface area (Å²) in [5, 5.41) is 11.2. The smallest absolute Gasteiger partial charge is 0.251 e. The largest absolute Gasteiger partial charge is 0.384 e. The van der Waals surface area contributed by atoms with E-state index >= 15 is 0 Å². The second-order valence-electron chi connectivity index (χ2n) is 3.41. The number of aliphatic hydroxyl groups is 1. The van der Waals surface area contributed by atoms with Crippen LogP contribution >= 0.6 is 0 Å². The Morgan fingerprint density at radius 2 is 2.29 bits per heavy atom. The Morgan fingerprint density at radius 1 is 1.53 bits per heavy atom. The monoisotopic (exact) mass is 235 g/mol. The van der Waals surface area contributed by atoms with Gasteiger partial charge in [-0.15, -0.1) is 0 Å². The summed E-state index contributed by atoms with van der Waals surface area (Å²) in [5.41, 5.74) is 0.441. The molecule has 1 amide bonds.